The molecule has 13 heavy (non-hydrogen) atoms. The average Bonchev–Trinajstić information content (AvgIpc) is 2.79. The van der Waals surface area contributed by atoms with Crippen LogP contribution in [0.2, 0.25) is 0 Å². The predicted octanol–water partition coefficient (Wildman–Crippen LogP) is 0.195. The minimum atomic E-state index is 0.227. The van der Waals surface area contributed by atoms with Crippen LogP contribution in [0.15, 0.2) is 0 Å². The van der Waals surface area contributed by atoms with Crippen molar-refractivity contribution in [1.29, 1.82) is 0 Å². The zero-order valence-corrected chi connectivity index (χ0v) is 8.42. The molecule has 2 N–H and O–H groups in total. The monoisotopic (exact) mass is 184 g/mol. The predicted molar refractivity (Wildman–Crippen MR) is 52.7 cm³/mol. The molecule has 0 bridgehead atoms. The number of likely N-dealkylation sites (tertiary alicyclic amines) is 1. The van der Waals surface area contributed by atoms with E-state index < -0.39 is 0 Å². The van der Waals surface area contributed by atoms with Crippen LogP contribution in [0.25, 0.3) is 0 Å². The van der Waals surface area contributed by atoms with E-state index in [1.54, 1.807) is 0 Å². The number of hydrogen-bond donors (Lipinski definition) is 2. The van der Waals surface area contributed by atoms with Gasteiger partial charge in [-0.1, -0.05) is 0 Å². The maximum absolute atomic E-state index is 9.05. The summed E-state index contributed by atoms with van der Waals surface area (Å²) in [6.45, 7) is 2.58. The first-order chi connectivity index (χ1) is 6.24. The molecule has 76 valence electrons. The Bertz CT molecular complexity index is 178. The number of nitrogens with zero attached hydrogens (tertiary/aromatic N) is 1. The number of likely N-dealkylation sites (N-methyl/N-ethyl adjacent to an activating group) is 1. The van der Waals surface area contributed by atoms with Gasteiger partial charge in [0, 0.05) is 24.7 Å². The third-order valence-electron chi connectivity index (χ3n) is 3.22. The van der Waals surface area contributed by atoms with Crippen molar-refractivity contribution in [2.75, 3.05) is 26.7 Å². The molecule has 1 saturated heterocycles. The topological polar surface area (TPSA) is 35.5 Å². The smallest absolute Gasteiger partial charge is 0.0449 e. The molecule has 1 aliphatic carbocycles. The van der Waals surface area contributed by atoms with Crippen molar-refractivity contribution in [3.8, 4) is 0 Å². The lowest BCUT2D eigenvalue weighted by Gasteiger charge is -2.30. The number of hydrogen-bond acceptors (Lipinski definition) is 3. The third-order valence-corrected chi connectivity index (χ3v) is 3.22. The quantitative estimate of drug-likeness (QED) is 0.655. The number of nitrogens with one attached hydrogen (secondary N) is 1. The Labute approximate surface area is 80.1 Å². The second kappa shape index (κ2) is 3.56. The van der Waals surface area contributed by atoms with Crippen LogP contribution in [0.4, 0.5) is 0 Å². The fourth-order valence-corrected chi connectivity index (χ4v) is 2.35. The molecule has 2 aliphatic rings. The van der Waals surface area contributed by atoms with E-state index >= 15 is 0 Å². The van der Waals surface area contributed by atoms with Gasteiger partial charge in [0.2, 0.25) is 0 Å². The Morgan fingerprint density at radius 3 is 2.77 bits per heavy atom. The molecule has 0 aromatic heterocycles. The summed E-state index contributed by atoms with van der Waals surface area (Å²) in [5, 5.41) is 12.7. The molecule has 0 amide bonds. The van der Waals surface area contributed by atoms with Crippen molar-refractivity contribution in [3.05, 3.63) is 0 Å². The first-order valence-electron chi connectivity index (χ1n) is 5.31. The average molecular weight is 184 g/mol. The molecule has 1 heterocycles. The van der Waals surface area contributed by atoms with Gasteiger partial charge in [0.1, 0.15) is 0 Å². The highest BCUT2D eigenvalue weighted by Gasteiger charge is 2.39. The molecule has 0 spiro atoms. The molecule has 3 nitrogen and oxygen atoms in total. The van der Waals surface area contributed by atoms with Crippen molar-refractivity contribution < 1.29 is 5.11 Å². The van der Waals surface area contributed by atoms with E-state index in [1.807, 2.05) is 0 Å². The normalized spacial score (nSPS) is 35.5. The van der Waals surface area contributed by atoms with Crippen LogP contribution < -0.4 is 5.32 Å². The van der Waals surface area contributed by atoms with Crippen LogP contribution in [0.5, 0.6) is 0 Å². The maximum atomic E-state index is 9.05. The van der Waals surface area contributed by atoms with E-state index in [4.69, 9.17) is 5.11 Å². The van der Waals surface area contributed by atoms with Crippen LogP contribution in [0.3, 0.4) is 0 Å². The van der Waals surface area contributed by atoms with Crippen LogP contribution in [0, 0.1) is 0 Å². The fraction of sp³-hybridized carbons (Fsp3) is 1.00. The molecule has 2 fully saturated rings. The molecule has 2 rings (SSSR count). The third kappa shape index (κ3) is 2.22. The summed E-state index contributed by atoms with van der Waals surface area (Å²) >= 11 is 0. The zero-order valence-electron chi connectivity index (χ0n) is 8.42. The molecule has 3 heteroatoms. The van der Waals surface area contributed by atoms with Crippen LogP contribution >= 0.6 is 0 Å². The molecule has 0 aromatic carbocycles. The van der Waals surface area contributed by atoms with E-state index in [2.05, 4.69) is 17.3 Å². The summed E-state index contributed by atoms with van der Waals surface area (Å²) in [7, 11) is 2.16. The lowest BCUT2D eigenvalue weighted by atomic mass is 9.94. The first-order valence-corrected chi connectivity index (χ1v) is 5.31. The Hall–Kier alpha value is -0.120. The summed E-state index contributed by atoms with van der Waals surface area (Å²) in [4.78, 5) is 2.35. The number of rotatable bonds is 4. The van der Waals surface area contributed by atoms with Crippen molar-refractivity contribution in [2.24, 2.45) is 0 Å². The summed E-state index contributed by atoms with van der Waals surface area (Å²) in [5.41, 5.74) is 0.227. The lowest BCUT2D eigenvalue weighted by Crippen LogP contribution is -2.49. The second-order valence-electron chi connectivity index (χ2n) is 4.66. The van der Waals surface area contributed by atoms with Crippen LogP contribution in [-0.4, -0.2) is 48.3 Å². The van der Waals surface area contributed by atoms with Gasteiger partial charge in [0.05, 0.1) is 0 Å². The van der Waals surface area contributed by atoms with Crippen molar-refractivity contribution in [3.63, 3.8) is 0 Å². The van der Waals surface area contributed by atoms with Gasteiger partial charge in [-0.2, -0.15) is 0 Å². The van der Waals surface area contributed by atoms with Crippen molar-refractivity contribution in [2.45, 2.75) is 37.3 Å². The molecule has 0 radical (unpaired) electrons. The van der Waals surface area contributed by atoms with Gasteiger partial charge >= 0.3 is 0 Å². The minimum Gasteiger partial charge on any atom is -0.396 e. The number of aliphatic hydroxyl groups is 1. The number of aliphatic hydroxyl groups excluding tert-OH is 1. The van der Waals surface area contributed by atoms with Gasteiger partial charge in [0.15, 0.2) is 0 Å². The highest BCUT2D eigenvalue weighted by molar-refractivity contribution is 5.00. The molecule has 1 atom stereocenters. The summed E-state index contributed by atoms with van der Waals surface area (Å²) < 4.78 is 0. The molecule has 1 saturated carbocycles. The Balaban J connectivity index is 1.93. The Morgan fingerprint density at radius 2 is 2.31 bits per heavy atom. The van der Waals surface area contributed by atoms with Gasteiger partial charge in [-0.15, -0.1) is 0 Å². The van der Waals surface area contributed by atoms with Gasteiger partial charge < -0.3 is 15.3 Å². The Morgan fingerprint density at radius 1 is 1.54 bits per heavy atom. The molecule has 1 aliphatic heterocycles. The van der Waals surface area contributed by atoms with Crippen molar-refractivity contribution >= 4 is 0 Å². The summed E-state index contributed by atoms with van der Waals surface area (Å²) in [6, 6.07) is 0.748. The standard InChI is InChI=1S/C10H20N2O/c1-12-6-4-10(8-12,5-7-13)11-9-2-3-9/h9,11,13H,2-8H2,1H3. The van der Waals surface area contributed by atoms with E-state index in [9.17, 15) is 0 Å². The molecule has 1 unspecified atom stereocenters. The van der Waals surface area contributed by atoms with Crippen LogP contribution in [-0.2, 0) is 0 Å². The zero-order chi connectivity index (χ0) is 9.31. The second-order valence-corrected chi connectivity index (χ2v) is 4.66. The SMILES string of the molecule is CN1CCC(CCO)(NC2CC2)C1. The van der Waals surface area contributed by atoms with Gasteiger partial charge in [-0.25, -0.2) is 0 Å². The maximum Gasteiger partial charge on any atom is 0.0449 e. The summed E-state index contributed by atoms with van der Waals surface area (Å²) in [6.07, 6.45) is 4.77. The van der Waals surface area contributed by atoms with Crippen molar-refractivity contribution in [1.82, 2.24) is 10.2 Å². The largest absolute Gasteiger partial charge is 0.396 e. The van der Waals surface area contributed by atoms with E-state index in [1.165, 1.54) is 25.8 Å². The van der Waals surface area contributed by atoms with E-state index in [0.29, 0.717) is 6.61 Å². The lowest BCUT2D eigenvalue weighted by molar-refractivity contribution is 0.208. The minimum absolute atomic E-state index is 0.227. The Kier molecular flexibility index (Phi) is 2.58. The molecule has 0 aromatic rings. The van der Waals surface area contributed by atoms with Gasteiger partial charge in [-0.3, -0.25) is 0 Å². The molecular weight excluding hydrogens is 164 g/mol. The fourth-order valence-electron chi connectivity index (χ4n) is 2.35. The first kappa shape index (κ1) is 9.44. The molecular formula is C10H20N2O. The van der Waals surface area contributed by atoms with E-state index in [-0.39, 0.29) is 5.54 Å². The van der Waals surface area contributed by atoms with Crippen LogP contribution in [0.1, 0.15) is 25.7 Å². The highest BCUT2D eigenvalue weighted by atomic mass is 16.3. The van der Waals surface area contributed by atoms with Gasteiger partial charge in [-0.05, 0) is 39.3 Å². The van der Waals surface area contributed by atoms with E-state index in [0.717, 1.165) is 19.0 Å². The highest BCUT2D eigenvalue weighted by Crippen LogP contribution is 2.29. The van der Waals surface area contributed by atoms with Gasteiger partial charge in [0.25, 0.3) is 0 Å². The summed E-state index contributed by atoms with van der Waals surface area (Å²) in [5.74, 6) is 0.